The summed E-state index contributed by atoms with van der Waals surface area (Å²) in [5.74, 6) is -1.26. The van der Waals surface area contributed by atoms with E-state index in [9.17, 15) is 8.78 Å². The Bertz CT molecular complexity index is 502. The molecule has 0 atom stereocenters. The van der Waals surface area contributed by atoms with Gasteiger partial charge in [-0.05, 0) is 24.3 Å². The quantitative estimate of drug-likeness (QED) is 0.873. The first-order chi connectivity index (χ1) is 7.65. The Labute approximate surface area is 95.0 Å². The summed E-state index contributed by atoms with van der Waals surface area (Å²) in [6.07, 6.45) is 0.964. The number of phenolic OH excluding ortho intramolecular Hbond substituents is 1. The fourth-order valence-electron chi connectivity index (χ4n) is 1.10. The summed E-state index contributed by atoms with van der Waals surface area (Å²) >= 11 is 1.07. The Morgan fingerprint density at radius 3 is 2.44 bits per heavy atom. The van der Waals surface area contributed by atoms with Crippen molar-refractivity contribution in [1.29, 1.82) is 0 Å². The second kappa shape index (κ2) is 4.49. The molecule has 0 aliphatic carbocycles. The lowest BCUT2D eigenvalue weighted by Gasteiger charge is -2.02. The van der Waals surface area contributed by atoms with Crippen molar-refractivity contribution in [3.8, 4) is 5.75 Å². The van der Waals surface area contributed by atoms with Crippen LogP contribution >= 0.6 is 11.8 Å². The highest BCUT2D eigenvalue weighted by Crippen LogP contribution is 2.29. The van der Waals surface area contributed by atoms with E-state index in [1.807, 2.05) is 0 Å². The molecule has 1 N–H and O–H groups in total. The van der Waals surface area contributed by atoms with Gasteiger partial charge >= 0.3 is 0 Å². The van der Waals surface area contributed by atoms with Crippen molar-refractivity contribution in [3.05, 3.63) is 48.2 Å². The molecule has 16 heavy (non-hydrogen) atoms. The van der Waals surface area contributed by atoms with Crippen LogP contribution in [-0.2, 0) is 0 Å². The van der Waals surface area contributed by atoms with Crippen molar-refractivity contribution < 1.29 is 13.9 Å². The average Bonchev–Trinajstić information content (AvgIpc) is 2.25. The van der Waals surface area contributed by atoms with Crippen molar-refractivity contribution in [2.24, 2.45) is 0 Å². The predicted molar refractivity (Wildman–Crippen MR) is 56.4 cm³/mol. The maximum atomic E-state index is 13.2. The van der Waals surface area contributed by atoms with Gasteiger partial charge in [0.1, 0.15) is 16.6 Å². The van der Waals surface area contributed by atoms with Gasteiger partial charge in [-0.2, -0.15) is 0 Å². The maximum absolute atomic E-state index is 13.2. The second-order valence-electron chi connectivity index (χ2n) is 3.04. The number of benzene rings is 1. The molecular weight excluding hydrogens is 232 g/mol. The number of nitrogens with zero attached hydrogens (tertiary/aromatic N) is 1. The first kappa shape index (κ1) is 10.9. The first-order valence-corrected chi connectivity index (χ1v) is 5.25. The SMILES string of the molecule is Oc1ccc(Sc2ncc(F)cc2F)cc1. The zero-order valence-corrected chi connectivity index (χ0v) is 8.84. The van der Waals surface area contributed by atoms with Gasteiger partial charge < -0.3 is 5.11 Å². The van der Waals surface area contributed by atoms with Crippen LogP contribution in [0.15, 0.2) is 46.5 Å². The molecule has 0 aliphatic heterocycles. The van der Waals surface area contributed by atoms with E-state index in [1.54, 1.807) is 12.1 Å². The van der Waals surface area contributed by atoms with E-state index < -0.39 is 11.6 Å². The van der Waals surface area contributed by atoms with Crippen molar-refractivity contribution in [1.82, 2.24) is 4.98 Å². The molecule has 0 fully saturated rings. The van der Waals surface area contributed by atoms with Gasteiger partial charge in [0, 0.05) is 11.0 Å². The summed E-state index contributed by atoms with van der Waals surface area (Å²) in [5, 5.41) is 9.17. The van der Waals surface area contributed by atoms with Gasteiger partial charge in [0.25, 0.3) is 0 Å². The van der Waals surface area contributed by atoms with Crippen LogP contribution < -0.4 is 0 Å². The minimum Gasteiger partial charge on any atom is -0.508 e. The van der Waals surface area contributed by atoms with Gasteiger partial charge in [0.2, 0.25) is 0 Å². The molecule has 0 unspecified atom stereocenters. The fourth-order valence-corrected chi connectivity index (χ4v) is 1.86. The Morgan fingerprint density at radius 2 is 1.81 bits per heavy atom. The molecule has 0 bridgehead atoms. The molecule has 1 aromatic carbocycles. The molecule has 2 aromatic rings. The minimum absolute atomic E-state index is 0.104. The number of aromatic nitrogens is 1. The Hall–Kier alpha value is -1.62. The average molecular weight is 239 g/mol. The lowest BCUT2D eigenvalue weighted by Crippen LogP contribution is -1.88. The van der Waals surface area contributed by atoms with Crippen LogP contribution in [0.3, 0.4) is 0 Å². The smallest absolute Gasteiger partial charge is 0.158 e. The third-order valence-electron chi connectivity index (χ3n) is 1.83. The predicted octanol–water partition coefficient (Wildman–Crippen LogP) is 3.22. The van der Waals surface area contributed by atoms with Crippen molar-refractivity contribution >= 4 is 11.8 Å². The van der Waals surface area contributed by atoms with Crippen LogP contribution in [-0.4, -0.2) is 10.1 Å². The maximum Gasteiger partial charge on any atom is 0.158 e. The zero-order chi connectivity index (χ0) is 11.5. The highest BCUT2D eigenvalue weighted by molar-refractivity contribution is 7.99. The van der Waals surface area contributed by atoms with Crippen LogP contribution in [0.5, 0.6) is 5.75 Å². The number of pyridine rings is 1. The molecule has 2 nitrogen and oxygen atoms in total. The molecule has 1 aromatic heterocycles. The van der Waals surface area contributed by atoms with E-state index in [-0.39, 0.29) is 10.8 Å². The van der Waals surface area contributed by atoms with E-state index in [0.29, 0.717) is 0 Å². The lowest BCUT2D eigenvalue weighted by molar-refractivity contribution is 0.475. The van der Waals surface area contributed by atoms with E-state index in [1.165, 1.54) is 12.1 Å². The number of rotatable bonds is 2. The molecule has 5 heteroatoms. The first-order valence-electron chi connectivity index (χ1n) is 4.43. The fraction of sp³-hybridized carbons (Fsp3) is 0. The summed E-state index contributed by atoms with van der Waals surface area (Å²) < 4.78 is 25.8. The molecule has 2 rings (SSSR count). The van der Waals surface area contributed by atoms with Crippen molar-refractivity contribution in [2.75, 3.05) is 0 Å². The molecule has 0 amide bonds. The van der Waals surface area contributed by atoms with Crippen molar-refractivity contribution in [2.45, 2.75) is 9.92 Å². The molecule has 0 saturated heterocycles. The van der Waals surface area contributed by atoms with Gasteiger partial charge in [-0.3, -0.25) is 0 Å². The van der Waals surface area contributed by atoms with Crippen LogP contribution in [0.4, 0.5) is 8.78 Å². The number of aromatic hydroxyl groups is 1. The molecule has 1 heterocycles. The number of phenols is 1. The zero-order valence-electron chi connectivity index (χ0n) is 8.02. The largest absolute Gasteiger partial charge is 0.508 e. The topological polar surface area (TPSA) is 33.1 Å². The van der Waals surface area contributed by atoms with E-state index in [0.717, 1.165) is 28.9 Å². The summed E-state index contributed by atoms with van der Waals surface area (Å²) in [6, 6.07) is 7.03. The highest BCUT2D eigenvalue weighted by Gasteiger charge is 2.07. The number of hydrogen-bond acceptors (Lipinski definition) is 3. The van der Waals surface area contributed by atoms with E-state index >= 15 is 0 Å². The summed E-state index contributed by atoms with van der Waals surface area (Å²) in [7, 11) is 0. The third kappa shape index (κ3) is 2.49. The van der Waals surface area contributed by atoms with Crippen LogP contribution in [0.1, 0.15) is 0 Å². The minimum atomic E-state index is -0.701. The van der Waals surface area contributed by atoms with Gasteiger partial charge in [-0.25, -0.2) is 13.8 Å². The number of hydrogen-bond donors (Lipinski definition) is 1. The van der Waals surface area contributed by atoms with Crippen LogP contribution in [0.25, 0.3) is 0 Å². The molecule has 0 aliphatic rings. The summed E-state index contributed by atoms with van der Waals surface area (Å²) in [4.78, 5) is 4.36. The number of halogens is 2. The standard InChI is InChI=1S/C11H7F2NOS/c12-7-5-10(13)11(14-6-7)16-9-3-1-8(15)2-4-9/h1-6,15H. The Morgan fingerprint density at radius 1 is 1.12 bits per heavy atom. The normalized spacial score (nSPS) is 10.4. The van der Waals surface area contributed by atoms with Gasteiger partial charge in [0.15, 0.2) is 5.82 Å². The summed E-state index contributed by atoms with van der Waals surface area (Å²) in [5.41, 5.74) is 0. The van der Waals surface area contributed by atoms with Crippen LogP contribution in [0.2, 0.25) is 0 Å². The second-order valence-corrected chi connectivity index (χ2v) is 4.10. The van der Waals surface area contributed by atoms with Gasteiger partial charge in [-0.1, -0.05) is 11.8 Å². The molecule has 0 spiro atoms. The van der Waals surface area contributed by atoms with E-state index in [4.69, 9.17) is 5.11 Å². The van der Waals surface area contributed by atoms with Crippen molar-refractivity contribution in [3.63, 3.8) is 0 Å². The Kier molecular flexibility index (Phi) is 3.05. The molecule has 82 valence electrons. The monoisotopic (exact) mass is 239 g/mol. The van der Waals surface area contributed by atoms with Gasteiger partial charge in [-0.15, -0.1) is 0 Å². The molecule has 0 saturated carbocycles. The van der Waals surface area contributed by atoms with E-state index in [2.05, 4.69) is 4.98 Å². The van der Waals surface area contributed by atoms with Crippen LogP contribution in [0, 0.1) is 11.6 Å². The molecular formula is C11H7F2NOS. The third-order valence-corrected chi connectivity index (χ3v) is 2.83. The lowest BCUT2D eigenvalue weighted by atomic mass is 10.3. The molecule has 0 radical (unpaired) electrons. The highest BCUT2D eigenvalue weighted by atomic mass is 32.2. The summed E-state index contributed by atoms with van der Waals surface area (Å²) in [6.45, 7) is 0. The van der Waals surface area contributed by atoms with Gasteiger partial charge in [0.05, 0.1) is 6.20 Å². The Balaban J connectivity index is 2.23.